The van der Waals surface area contributed by atoms with E-state index in [0.717, 1.165) is 24.0 Å². The molecule has 34 heavy (non-hydrogen) atoms. The molecule has 6 nitrogen and oxygen atoms in total. The SMILES string of the molecule is COc1ccc(NC(=O)CSc2nc3scc(-c4ccc5c(c4)CCCC5)c3c(=O)[nH]2)cc1Cl. The van der Waals surface area contributed by atoms with Gasteiger partial charge in [-0.2, -0.15) is 0 Å². The lowest BCUT2D eigenvalue weighted by Crippen LogP contribution is -2.15. The molecule has 0 saturated carbocycles. The van der Waals surface area contributed by atoms with Crippen LogP contribution in [0.15, 0.2) is 51.7 Å². The number of fused-ring (bicyclic) bond motifs is 2. The van der Waals surface area contributed by atoms with Gasteiger partial charge >= 0.3 is 0 Å². The van der Waals surface area contributed by atoms with Crippen molar-refractivity contribution in [1.29, 1.82) is 0 Å². The predicted molar refractivity (Wildman–Crippen MR) is 140 cm³/mol. The van der Waals surface area contributed by atoms with Crippen molar-refractivity contribution in [3.63, 3.8) is 0 Å². The van der Waals surface area contributed by atoms with Crippen molar-refractivity contribution in [2.45, 2.75) is 30.8 Å². The van der Waals surface area contributed by atoms with Crippen molar-refractivity contribution in [1.82, 2.24) is 9.97 Å². The van der Waals surface area contributed by atoms with Gasteiger partial charge in [0.2, 0.25) is 5.91 Å². The number of rotatable bonds is 6. The molecule has 0 fully saturated rings. The average molecular weight is 512 g/mol. The first-order chi connectivity index (χ1) is 16.5. The number of carbonyl (C=O) groups excluding carboxylic acids is 1. The summed E-state index contributed by atoms with van der Waals surface area (Å²) in [4.78, 5) is 33.4. The zero-order chi connectivity index (χ0) is 23.7. The summed E-state index contributed by atoms with van der Waals surface area (Å²) < 4.78 is 5.12. The Morgan fingerprint density at radius 1 is 1.21 bits per heavy atom. The Balaban J connectivity index is 1.31. The molecule has 1 aliphatic carbocycles. The van der Waals surface area contributed by atoms with Crippen molar-refractivity contribution >= 4 is 56.5 Å². The van der Waals surface area contributed by atoms with E-state index >= 15 is 0 Å². The zero-order valence-corrected chi connectivity index (χ0v) is 20.8. The van der Waals surface area contributed by atoms with Gasteiger partial charge in [0, 0.05) is 16.6 Å². The zero-order valence-electron chi connectivity index (χ0n) is 18.4. The molecule has 9 heteroatoms. The molecule has 2 aromatic carbocycles. The van der Waals surface area contributed by atoms with Crippen LogP contribution in [0.2, 0.25) is 5.02 Å². The highest BCUT2D eigenvalue weighted by atomic mass is 35.5. The molecule has 0 saturated heterocycles. The lowest BCUT2D eigenvalue weighted by Gasteiger charge is -2.16. The Bertz CT molecular complexity index is 1450. The van der Waals surface area contributed by atoms with Gasteiger partial charge in [-0.1, -0.05) is 41.6 Å². The van der Waals surface area contributed by atoms with Crippen LogP contribution in [-0.2, 0) is 17.6 Å². The number of nitrogens with one attached hydrogen (secondary N) is 2. The highest BCUT2D eigenvalue weighted by Gasteiger charge is 2.16. The number of thiophene rings is 1. The second kappa shape index (κ2) is 9.82. The number of hydrogen-bond donors (Lipinski definition) is 2. The maximum absolute atomic E-state index is 12.9. The van der Waals surface area contributed by atoms with E-state index in [9.17, 15) is 9.59 Å². The minimum absolute atomic E-state index is 0.0984. The van der Waals surface area contributed by atoms with Crippen molar-refractivity contribution in [3.05, 3.63) is 68.3 Å². The van der Waals surface area contributed by atoms with E-state index in [1.807, 2.05) is 5.38 Å². The van der Waals surface area contributed by atoms with Crippen LogP contribution in [0.1, 0.15) is 24.0 Å². The van der Waals surface area contributed by atoms with E-state index in [4.69, 9.17) is 16.3 Å². The Labute approximate surface area is 209 Å². The van der Waals surface area contributed by atoms with Gasteiger partial charge in [0.15, 0.2) is 5.16 Å². The lowest BCUT2D eigenvalue weighted by molar-refractivity contribution is -0.113. The van der Waals surface area contributed by atoms with E-state index in [1.165, 1.54) is 54.2 Å². The fourth-order valence-corrected chi connectivity index (χ4v) is 6.11. The summed E-state index contributed by atoms with van der Waals surface area (Å²) in [7, 11) is 1.53. The van der Waals surface area contributed by atoms with Crippen LogP contribution in [0.4, 0.5) is 5.69 Å². The molecule has 0 atom stereocenters. The van der Waals surface area contributed by atoms with Crippen molar-refractivity contribution in [2.24, 2.45) is 0 Å². The molecule has 0 bridgehead atoms. The molecular weight excluding hydrogens is 490 g/mol. The Hall–Kier alpha value is -2.81. The number of halogens is 1. The number of aryl methyl sites for hydroxylation is 2. The van der Waals surface area contributed by atoms with Gasteiger partial charge in [0.25, 0.3) is 5.56 Å². The van der Waals surface area contributed by atoms with Crippen LogP contribution in [0.5, 0.6) is 5.75 Å². The fraction of sp³-hybridized carbons (Fsp3) is 0.240. The molecule has 0 spiro atoms. The quantitative estimate of drug-likeness (QED) is 0.248. The normalized spacial score (nSPS) is 13.0. The number of hydrogen-bond acceptors (Lipinski definition) is 6. The summed E-state index contributed by atoms with van der Waals surface area (Å²) in [5, 5.41) is 6.21. The molecule has 0 aliphatic heterocycles. The third-order valence-electron chi connectivity index (χ3n) is 5.86. The van der Waals surface area contributed by atoms with E-state index in [1.54, 1.807) is 18.2 Å². The molecule has 5 rings (SSSR count). The van der Waals surface area contributed by atoms with Crippen molar-refractivity contribution in [3.8, 4) is 16.9 Å². The second-order valence-corrected chi connectivity index (χ2v) is 10.3. The van der Waals surface area contributed by atoms with Gasteiger partial charge in [-0.15, -0.1) is 11.3 Å². The Morgan fingerprint density at radius 2 is 2.03 bits per heavy atom. The molecule has 174 valence electrons. The van der Waals surface area contributed by atoms with Crippen LogP contribution in [0.3, 0.4) is 0 Å². The highest BCUT2D eigenvalue weighted by molar-refractivity contribution is 7.99. The minimum atomic E-state index is -0.227. The topological polar surface area (TPSA) is 84.1 Å². The number of nitrogens with zero attached hydrogens (tertiary/aromatic N) is 1. The van der Waals surface area contributed by atoms with Crippen LogP contribution in [0.25, 0.3) is 21.3 Å². The predicted octanol–water partition coefficient (Wildman–Crippen LogP) is 5.92. The molecule has 1 amide bonds. The molecule has 2 N–H and O–H groups in total. The first kappa shape index (κ1) is 23.0. The molecule has 0 radical (unpaired) electrons. The summed E-state index contributed by atoms with van der Waals surface area (Å²) >= 11 is 8.74. The molecule has 2 aromatic heterocycles. The first-order valence-corrected chi connectivity index (χ1v) is 13.2. The number of benzene rings is 2. The Kier molecular flexibility index (Phi) is 6.63. The number of carbonyl (C=O) groups is 1. The van der Waals surface area contributed by atoms with Gasteiger partial charge in [0.05, 0.1) is 23.3 Å². The molecular formula is C25H22ClN3O3S2. The van der Waals surface area contributed by atoms with Crippen LogP contribution < -0.4 is 15.6 Å². The number of methoxy groups -OCH3 is 1. The van der Waals surface area contributed by atoms with E-state index < -0.39 is 0 Å². The lowest BCUT2D eigenvalue weighted by atomic mass is 9.89. The maximum Gasteiger partial charge on any atom is 0.260 e. The Morgan fingerprint density at radius 3 is 2.82 bits per heavy atom. The van der Waals surface area contributed by atoms with Gasteiger partial charge < -0.3 is 15.0 Å². The fourth-order valence-electron chi connectivity index (χ4n) is 4.19. The molecule has 1 aliphatic rings. The number of anilines is 1. The smallest absolute Gasteiger partial charge is 0.260 e. The summed E-state index contributed by atoms with van der Waals surface area (Å²) in [6.45, 7) is 0. The van der Waals surface area contributed by atoms with Crippen LogP contribution in [0, 0.1) is 0 Å². The van der Waals surface area contributed by atoms with Gasteiger partial charge in [0.1, 0.15) is 10.6 Å². The number of ether oxygens (including phenoxy) is 1. The second-order valence-electron chi connectivity index (χ2n) is 8.08. The minimum Gasteiger partial charge on any atom is -0.495 e. The molecule has 2 heterocycles. The van der Waals surface area contributed by atoms with Crippen molar-refractivity contribution < 1.29 is 9.53 Å². The number of aromatic amines is 1. The number of amides is 1. The summed E-state index contributed by atoms with van der Waals surface area (Å²) in [6.07, 6.45) is 4.67. The van der Waals surface area contributed by atoms with Gasteiger partial charge in [-0.05, 0) is 60.6 Å². The van der Waals surface area contributed by atoms with Gasteiger partial charge in [-0.3, -0.25) is 9.59 Å². The first-order valence-electron chi connectivity index (χ1n) is 10.9. The summed E-state index contributed by atoms with van der Waals surface area (Å²) in [5.41, 5.74) is 5.13. The van der Waals surface area contributed by atoms with Crippen LogP contribution in [-0.4, -0.2) is 28.7 Å². The largest absolute Gasteiger partial charge is 0.495 e. The standard InChI is InChI=1S/C25H22ClN3O3S2/c1-32-20-9-8-17(11-19(20)26)27-21(30)13-34-25-28-23(31)22-18(12-33-24(22)29-25)16-7-6-14-4-2-3-5-15(14)10-16/h6-12H,2-5,13H2,1H3,(H,27,30)(H,28,29,31). The number of aromatic nitrogens is 2. The number of H-pyrrole nitrogens is 1. The molecule has 0 unspecified atom stereocenters. The third-order valence-corrected chi connectivity index (χ3v) is 7.90. The van der Waals surface area contributed by atoms with Gasteiger partial charge in [-0.25, -0.2) is 4.98 Å². The van der Waals surface area contributed by atoms with Crippen LogP contribution >= 0.6 is 34.7 Å². The van der Waals surface area contributed by atoms with E-state index in [-0.39, 0.29) is 17.2 Å². The molecule has 4 aromatic rings. The number of thioether (sulfide) groups is 1. The van der Waals surface area contributed by atoms with E-state index in [2.05, 4.69) is 33.5 Å². The highest BCUT2D eigenvalue weighted by Crippen LogP contribution is 2.34. The summed E-state index contributed by atoms with van der Waals surface area (Å²) in [5.74, 6) is 0.408. The third kappa shape index (κ3) is 4.71. The van der Waals surface area contributed by atoms with E-state index in [0.29, 0.717) is 31.8 Å². The average Bonchev–Trinajstić information content (AvgIpc) is 3.27. The maximum atomic E-state index is 12.9. The monoisotopic (exact) mass is 511 g/mol. The summed E-state index contributed by atoms with van der Waals surface area (Å²) in [6, 6.07) is 11.5. The van der Waals surface area contributed by atoms with Crippen molar-refractivity contribution in [2.75, 3.05) is 18.2 Å².